The van der Waals surface area contributed by atoms with Crippen LogP contribution in [0.4, 0.5) is 0 Å². The highest BCUT2D eigenvalue weighted by molar-refractivity contribution is 7.10. The maximum atomic E-state index is 12.9. The fourth-order valence-electron chi connectivity index (χ4n) is 6.48. The van der Waals surface area contributed by atoms with Crippen LogP contribution in [-0.4, -0.2) is 29.8 Å². The number of hydrogen-bond donors (Lipinski definition) is 1. The second kappa shape index (κ2) is 6.36. The van der Waals surface area contributed by atoms with Crippen molar-refractivity contribution < 1.29 is 9.59 Å². The predicted octanol–water partition coefficient (Wildman–Crippen LogP) is 3.36. The summed E-state index contributed by atoms with van der Waals surface area (Å²) >= 11 is 1.79. The smallest absolute Gasteiger partial charge is 0.226 e. The first kappa shape index (κ1) is 16.8. The lowest BCUT2D eigenvalue weighted by Gasteiger charge is -2.55. The molecule has 5 aliphatic rings. The Morgan fingerprint density at radius 2 is 1.85 bits per heavy atom. The summed E-state index contributed by atoms with van der Waals surface area (Å²) < 4.78 is 0. The van der Waals surface area contributed by atoms with Gasteiger partial charge in [0.15, 0.2) is 0 Å². The van der Waals surface area contributed by atoms with Gasteiger partial charge < -0.3 is 10.2 Å². The second-order valence-electron chi connectivity index (χ2n) is 9.14. The number of carbonyl (C=O) groups is 2. The number of rotatable bonds is 4. The lowest BCUT2D eigenvalue weighted by Crippen LogP contribution is -2.53. The quantitative estimate of drug-likeness (QED) is 0.881. The van der Waals surface area contributed by atoms with Crippen LogP contribution < -0.4 is 5.32 Å². The van der Waals surface area contributed by atoms with E-state index in [2.05, 4.69) is 16.8 Å². The van der Waals surface area contributed by atoms with Gasteiger partial charge in [0.25, 0.3) is 0 Å². The number of hydrogen-bond acceptors (Lipinski definition) is 3. The van der Waals surface area contributed by atoms with Crippen molar-refractivity contribution in [1.82, 2.24) is 10.2 Å². The van der Waals surface area contributed by atoms with Gasteiger partial charge in [-0.2, -0.15) is 0 Å². The van der Waals surface area contributed by atoms with E-state index in [0.29, 0.717) is 13.0 Å². The molecule has 0 spiro atoms. The maximum absolute atomic E-state index is 12.9. The molecule has 0 aromatic carbocycles. The molecule has 2 heterocycles. The number of nitrogens with one attached hydrogen (secondary N) is 1. The first-order valence-electron chi connectivity index (χ1n) is 10.2. The van der Waals surface area contributed by atoms with Gasteiger partial charge in [-0.25, -0.2) is 0 Å². The van der Waals surface area contributed by atoms with E-state index in [9.17, 15) is 9.59 Å². The van der Waals surface area contributed by atoms with E-state index in [1.807, 2.05) is 4.90 Å². The molecule has 2 amide bonds. The zero-order valence-electron chi connectivity index (χ0n) is 15.3. The maximum Gasteiger partial charge on any atom is 0.226 e. The molecule has 4 aliphatic carbocycles. The van der Waals surface area contributed by atoms with E-state index in [1.54, 1.807) is 11.3 Å². The van der Waals surface area contributed by atoms with E-state index >= 15 is 0 Å². The molecule has 0 radical (unpaired) electrons. The first-order valence-corrected chi connectivity index (χ1v) is 11.1. The van der Waals surface area contributed by atoms with Crippen LogP contribution in [0.15, 0.2) is 11.4 Å². The molecule has 1 aliphatic heterocycles. The summed E-state index contributed by atoms with van der Waals surface area (Å²) in [5.74, 6) is 2.75. The number of thiophene rings is 1. The molecule has 1 aromatic heterocycles. The summed E-state index contributed by atoms with van der Waals surface area (Å²) in [7, 11) is 0. The van der Waals surface area contributed by atoms with Crippen molar-refractivity contribution in [2.24, 2.45) is 23.2 Å². The van der Waals surface area contributed by atoms with Gasteiger partial charge in [-0.3, -0.25) is 9.59 Å². The van der Waals surface area contributed by atoms with E-state index in [1.165, 1.54) is 29.7 Å². The van der Waals surface area contributed by atoms with E-state index in [-0.39, 0.29) is 17.2 Å². The van der Waals surface area contributed by atoms with Gasteiger partial charge >= 0.3 is 0 Å². The largest absolute Gasteiger partial charge is 0.355 e. The summed E-state index contributed by atoms with van der Waals surface area (Å²) in [4.78, 5) is 28.9. The van der Waals surface area contributed by atoms with Gasteiger partial charge in [-0.05, 0) is 79.7 Å². The summed E-state index contributed by atoms with van der Waals surface area (Å²) in [6.07, 6.45) is 8.72. The Hall–Kier alpha value is -1.36. The molecule has 0 atom stereocenters. The van der Waals surface area contributed by atoms with Crippen LogP contribution in [0.3, 0.4) is 0 Å². The molecule has 26 heavy (non-hydrogen) atoms. The van der Waals surface area contributed by atoms with E-state index < -0.39 is 0 Å². The van der Waals surface area contributed by atoms with Gasteiger partial charge in [0.2, 0.25) is 11.8 Å². The number of amides is 2. The molecule has 1 N–H and O–H groups in total. The van der Waals surface area contributed by atoms with Crippen molar-refractivity contribution in [3.05, 3.63) is 21.9 Å². The Morgan fingerprint density at radius 1 is 1.15 bits per heavy atom. The van der Waals surface area contributed by atoms with Crippen LogP contribution in [0.5, 0.6) is 0 Å². The molecular formula is C21H28N2O2S. The molecule has 6 rings (SSSR count). The monoisotopic (exact) mass is 372 g/mol. The molecule has 4 bridgehead atoms. The Balaban J connectivity index is 1.14. The van der Waals surface area contributed by atoms with Crippen molar-refractivity contribution in [2.45, 2.75) is 57.9 Å². The van der Waals surface area contributed by atoms with Crippen molar-refractivity contribution in [3.8, 4) is 0 Å². The van der Waals surface area contributed by atoms with E-state index in [0.717, 1.165) is 56.5 Å². The molecule has 5 heteroatoms. The van der Waals surface area contributed by atoms with E-state index in [4.69, 9.17) is 0 Å². The third-order valence-electron chi connectivity index (χ3n) is 7.30. The highest BCUT2D eigenvalue weighted by Gasteiger charge is 2.54. The van der Waals surface area contributed by atoms with Gasteiger partial charge in [-0.1, -0.05) is 0 Å². The third-order valence-corrected chi connectivity index (χ3v) is 8.33. The topological polar surface area (TPSA) is 49.4 Å². The molecule has 140 valence electrons. The fourth-order valence-corrected chi connectivity index (χ4v) is 7.37. The van der Waals surface area contributed by atoms with Gasteiger partial charge in [0.05, 0.1) is 0 Å². The van der Waals surface area contributed by atoms with Crippen LogP contribution in [0, 0.1) is 23.2 Å². The third kappa shape index (κ3) is 2.88. The molecule has 4 saturated carbocycles. The van der Waals surface area contributed by atoms with Crippen LogP contribution in [0.1, 0.15) is 55.4 Å². The summed E-state index contributed by atoms with van der Waals surface area (Å²) in [6.45, 7) is 2.04. The lowest BCUT2D eigenvalue weighted by molar-refractivity contribution is -0.146. The standard InChI is InChI=1S/C21H28N2O2S/c24-19(23-5-2-18-17(13-23)3-6-26-18)1-4-22-20(25)21-10-14-7-15(11-21)9-16(8-14)12-21/h3,6,14-16H,1-2,4-5,7-13H2,(H,22,25). The normalized spacial score (nSPS) is 34.6. The Bertz CT molecular complexity index is 690. The van der Waals surface area contributed by atoms with Crippen LogP contribution in [0.25, 0.3) is 0 Å². The second-order valence-corrected chi connectivity index (χ2v) is 10.1. The number of nitrogens with zero attached hydrogens (tertiary/aromatic N) is 1. The van der Waals surface area contributed by atoms with Crippen molar-refractivity contribution >= 4 is 23.2 Å². The minimum absolute atomic E-state index is 0.103. The molecule has 1 aromatic rings. The van der Waals surface area contributed by atoms with Gasteiger partial charge in [-0.15, -0.1) is 11.3 Å². The average Bonchev–Trinajstić information content (AvgIpc) is 3.08. The summed E-state index contributed by atoms with van der Waals surface area (Å²) in [5.41, 5.74) is 1.20. The van der Waals surface area contributed by atoms with Gasteiger partial charge in [0.1, 0.15) is 0 Å². The molecule has 4 fully saturated rings. The van der Waals surface area contributed by atoms with Crippen LogP contribution in [-0.2, 0) is 22.6 Å². The van der Waals surface area contributed by atoms with Crippen LogP contribution >= 0.6 is 11.3 Å². The Kier molecular flexibility index (Phi) is 4.11. The predicted molar refractivity (Wildman–Crippen MR) is 102 cm³/mol. The fraction of sp³-hybridized carbons (Fsp3) is 0.714. The molecule has 4 nitrogen and oxygen atoms in total. The molecular weight excluding hydrogens is 344 g/mol. The minimum atomic E-state index is -0.103. The minimum Gasteiger partial charge on any atom is -0.355 e. The van der Waals surface area contributed by atoms with Crippen LogP contribution in [0.2, 0.25) is 0 Å². The Morgan fingerprint density at radius 3 is 2.54 bits per heavy atom. The van der Waals surface area contributed by atoms with Gasteiger partial charge in [0, 0.05) is 36.3 Å². The van der Waals surface area contributed by atoms with Crippen molar-refractivity contribution in [1.29, 1.82) is 0 Å². The summed E-state index contributed by atoms with van der Waals surface area (Å²) in [5, 5.41) is 5.25. The number of carbonyl (C=O) groups excluding carboxylic acids is 2. The molecule has 0 saturated heterocycles. The lowest BCUT2D eigenvalue weighted by atomic mass is 9.49. The molecule has 0 unspecified atom stereocenters. The highest BCUT2D eigenvalue weighted by atomic mass is 32.1. The zero-order valence-corrected chi connectivity index (χ0v) is 16.2. The average molecular weight is 373 g/mol. The highest BCUT2D eigenvalue weighted by Crippen LogP contribution is 2.60. The Labute approximate surface area is 159 Å². The van der Waals surface area contributed by atoms with Crippen molar-refractivity contribution in [3.63, 3.8) is 0 Å². The summed E-state index contributed by atoms with van der Waals surface area (Å²) in [6, 6.07) is 2.13. The first-order chi connectivity index (χ1) is 12.6. The zero-order chi connectivity index (χ0) is 17.7. The SMILES string of the molecule is O=C(CCNC(=O)C12CC3CC(CC(C3)C1)C2)N1CCc2sccc2C1. The van der Waals surface area contributed by atoms with Crippen molar-refractivity contribution in [2.75, 3.05) is 13.1 Å². The number of fused-ring (bicyclic) bond motifs is 1.